The molecule has 3 amide bonds. The maximum Gasteiger partial charge on any atom is 0.326 e. The third-order valence-electron chi connectivity index (χ3n) is 6.23. The van der Waals surface area contributed by atoms with Gasteiger partial charge in [-0.1, -0.05) is 71.9 Å². The summed E-state index contributed by atoms with van der Waals surface area (Å²) < 4.78 is 0. The van der Waals surface area contributed by atoms with Crippen molar-refractivity contribution in [2.75, 3.05) is 0 Å². The Morgan fingerprint density at radius 2 is 1.33 bits per heavy atom. The third kappa shape index (κ3) is 13.6. The zero-order valence-corrected chi connectivity index (χ0v) is 24.1. The first-order valence-electron chi connectivity index (χ1n) is 13.8. The minimum atomic E-state index is -1.20. The molecule has 10 heteroatoms. The Morgan fingerprint density at radius 1 is 0.769 bits per heavy atom. The lowest BCUT2D eigenvalue weighted by atomic mass is 9.95. The number of carbonyl (C=O) groups excluding carboxylic acids is 3. The molecule has 0 aliphatic rings. The summed E-state index contributed by atoms with van der Waals surface area (Å²) >= 11 is 0. The number of aliphatic hydroxyl groups excluding tert-OH is 1. The zero-order chi connectivity index (χ0) is 29.7. The Labute approximate surface area is 232 Å². The molecule has 1 unspecified atom stereocenters. The molecule has 0 aromatic heterocycles. The molecular formula is C29H48N4O6. The van der Waals surface area contributed by atoms with E-state index in [0.717, 1.165) is 5.56 Å². The lowest BCUT2D eigenvalue weighted by molar-refractivity contribution is -0.142. The quantitative estimate of drug-likeness (QED) is 0.173. The van der Waals surface area contributed by atoms with E-state index in [2.05, 4.69) is 16.0 Å². The highest BCUT2D eigenvalue weighted by Crippen LogP contribution is 2.14. The Kier molecular flexibility index (Phi) is 14.7. The number of rotatable bonds is 17. The van der Waals surface area contributed by atoms with Crippen molar-refractivity contribution in [3.05, 3.63) is 35.9 Å². The molecule has 0 saturated heterocycles. The molecule has 0 aliphatic carbocycles. The van der Waals surface area contributed by atoms with Gasteiger partial charge in [-0.05, 0) is 42.6 Å². The third-order valence-corrected chi connectivity index (χ3v) is 6.23. The second-order valence-electron chi connectivity index (χ2n) is 11.6. The summed E-state index contributed by atoms with van der Waals surface area (Å²) in [6.07, 6.45) is -0.240. The largest absolute Gasteiger partial charge is 0.480 e. The van der Waals surface area contributed by atoms with E-state index in [1.807, 2.05) is 47.6 Å². The van der Waals surface area contributed by atoms with Crippen LogP contribution in [0.5, 0.6) is 0 Å². The van der Waals surface area contributed by atoms with E-state index in [-0.39, 0.29) is 42.9 Å². The van der Waals surface area contributed by atoms with E-state index in [1.165, 1.54) is 0 Å². The molecule has 0 saturated carbocycles. The molecule has 39 heavy (non-hydrogen) atoms. The Morgan fingerprint density at radius 3 is 1.85 bits per heavy atom. The minimum Gasteiger partial charge on any atom is -0.480 e. The lowest BCUT2D eigenvalue weighted by Gasteiger charge is -2.28. The number of aliphatic carboxylic acids is 1. The Balaban J connectivity index is 2.90. The topological polar surface area (TPSA) is 171 Å². The molecule has 1 rings (SSSR count). The second-order valence-corrected chi connectivity index (χ2v) is 11.6. The first kappa shape index (κ1) is 34.0. The number of aliphatic hydroxyl groups is 1. The molecule has 0 fully saturated rings. The fraction of sp³-hybridized carbons (Fsp3) is 0.655. The van der Waals surface area contributed by atoms with Gasteiger partial charge in [-0.3, -0.25) is 14.4 Å². The standard InChI is InChI=1S/C29H48N4O6/c1-17(2)12-21(30)27(36)32-22(13-18(3)4)25(34)16-26(35)31-23(14-19(5)6)28(37)33-24(29(38)39)15-20-10-8-7-9-11-20/h7-11,17-19,21-25,34H,12-16,30H2,1-6H3,(H,31,35)(H,32,36)(H,33,37)(H,38,39)/t21-,22?,23-,24-,25-/m0/s1. The van der Waals surface area contributed by atoms with Gasteiger partial charge in [0.25, 0.3) is 0 Å². The summed E-state index contributed by atoms with van der Waals surface area (Å²) in [5.41, 5.74) is 6.75. The number of benzene rings is 1. The number of carboxylic acid groups (broad SMARTS) is 1. The Hall–Kier alpha value is -2.98. The van der Waals surface area contributed by atoms with Crippen LogP contribution < -0.4 is 21.7 Å². The van der Waals surface area contributed by atoms with Crippen molar-refractivity contribution in [2.45, 2.75) is 104 Å². The number of nitrogens with one attached hydrogen (secondary N) is 3. The van der Waals surface area contributed by atoms with Crippen LogP contribution >= 0.6 is 0 Å². The fourth-order valence-corrected chi connectivity index (χ4v) is 4.34. The van der Waals surface area contributed by atoms with E-state index in [4.69, 9.17) is 5.73 Å². The summed E-state index contributed by atoms with van der Waals surface area (Å²) in [6.45, 7) is 11.6. The van der Waals surface area contributed by atoms with Gasteiger partial charge in [0.1, 0.15) is 12.1 Å². The average Bonchev–Trinajstić information content (AvgIpc) is 2.82. The first-order chi connectivity index (χ1) is 18.2. The highest BCUT2D eigenvalue weighted by atomic mass is 16.4. The minimum absolute atomic E-state index is 0.0267. The van der Waals surface area contributed by atoms with Crippen molar-refractivity contribution in [3.8, 4) is 0 Å². The number of carbonyl (C=O) groups is 4. The highest BCUT2D eigenvalue weighted by Gasteiger charge is 2.30. The van der Waals surface area contributed by atoms with E-state index >= 15 is 0 Å². The van der Waals surface area contributed by atoms with Crippen molar-refractivity contribution >= 4 is 23.7 Å². The molecule has 220 valence electrons. The van der Waals surface area contributed by atoms with Crippen molar-refractivity contribution in [2.24, 2.45) is 23.5 Å². The fourth-order valence-electron chi connectivity index (χ4n) is 4.34. The van der Waals surface area contributed by atoms with Crippen LogP contribution in [0.1, 0.15) is 72.8 Å². The van der Waals surface area contributed by atoms with Crippen LogP contribution in [0.2, 0.25) is 0 Å². The lowest BCUT2D eigenvalue weighted by Crippen LogP contribution is -2.54. The van der Waals surface area contributed by atoms with E-state index in [1.54, 1.807) is 24.3 Å². The first-order valence-corrected chi connectivity index (χ1v) is 13.8. The second kappa shape index (κ2) is 16.9. The molecule has 0 spiro atoms. The van der Waals surface area contributed by atoms with E-state index in [0.29, 0.717) is 12.8 Å². The van der Waals surface area contributed by atoms with Crippen LogP contribution in [0.4, 0.5) is 0 Å². The highest BCUT2D eigenvalue weighted by molar-refractivity contribution is 5.90. The summed E-state index contributed by atoms with van der Waals surface area (Å²) in [5.74, 6) is -2.37. The monoisotopic (exact) mass is 548 g/mol. The molecule has 0 radical (unpaired) electrons. The molecule has 0 aliphatic heterocycles. The van der Waals surface area contributed by atoms with Gasteiger partial charge in [0.2, 0.25) is 17.7 Å². The maximum absolute atomic E-state index is 13.1. The van der Waals surface area contributed by atoms with Gasteiger partial charge in [0.15, 0.2) is 0 Å². The van der Waals surface area contributed by atoms with Gasteiger partial charge in [0, 0.05) is 6.42 Å². The van der Waals surface area contributed by atoms with Crippen molar-refractivity contribution in [1.82, 2.24) is 16.0 Å². The van der Waals surface area contributed by atoms with Gasteiger partial charge in [-0.25, -0.2) is 4.79 Å². The molecule has 0 heterocycles. The molecule has 5 atom stereocenters. The van der Waals surface area contributed by atoms with Crippen molar-refractivity contribution in [1.29, 1.82) is 0 Å². The number of nitrogens with two attached hydrogens (primary N) is 1. The molecule has 1 aromatic carbocycles. The van der Waals surface area contributed by atoms with Crippen molar-refractivity contribution < 1.29 is 29.4 Å². The van der Waals surface area contributed by atoms with E-state index < -0.39 is 48.1 Å². The normalized spacial score (nSPS) is 15.4. The molecule has 7 N–H and O–H groups in total. The van der Waals surface area contributed by atoms with Gasteiger partial charge < -0.3 is 31.9 Å². The van der Waals surface area contributed by atoms with Crippen LogP contribution in [-0.2, 0) is 25.6 Å². The molecule has 0 bridgehead atoms. The average molecular weight is 549 g/mol. The summed E-state index contributed by atoms with van der Waals surface area (Å²) in [6, 6.07) is 5.37. The molecular weight excluding hydrogens is 500 g/mol. The van der Waals surface area contributed by atoms with Crippen LogP contribution in [0.3, 0.4) is 0 Å². The van der Waals surface area contributed by atoms with Gasteiger partial charge in [-0.15, -0.1) is 0 Å². The van der Waals surface area contributed by atoms with Gasteiger partial charge in [-0.2, -0.15) is 0 Å². The van der Waals surface area contributed by atoms with Gasteiger partial charge >= 0.3 is 5.97 Å². The molecule has 1 aromatic rings. The van der Waals surface area contributed by atoms with Crippen molar-refractivity contribution in [3.63, 3.8) is 0 Å². The summed E-state index contributed by atoms with van der Waals surface area (Å²) in [7, 11) is 0. The SMILES string of the molecule is CC(C)CC(NC(=O)[C@@H](N)CC(C)C)[C@@H](O)CC(=O)N[C@@H](CC(C)C)C(=O)N[C@@H](Cc1ccccc1)C(=O)O. The van der Waals surface area contributed by atoms with Crippen LogP contribution in [0.25, 0.3) is 0 Å². The van der Waals surface area contributed by atoms with E-state index in [9.17, 15) is 29.4 Å². The summed E-state index contributed by atoms with van der Waals surface area (Å²) in [5, 5.41) is 28.5. The summed E-state index contributed by atoms with van der Waals surface area (Å²) in [4.78, 5) is 50.4. The van der Waals surface area contributed by atoms with Crippen LogP contribution in [-0.4, -0.2) is 64.2 Å². The van der Waals surface area contributed by atoms with Crippen LogP contribution in [0, 0.1) is 17.8 Å². The molecule has 10 nitrogen and oxygen atoms in total. The Bertz CT molecular complexity index is 922. The predicted molar refractivity (Wildman–Crippen MR) is 151 cm³/mol. The smallest absolute Gasteiger partial charge is 0.326 e. The predicted octanol–water partition coefficient (Wildman–Crippen LogP) is 1.98. The number of hydrogen-bond acceptors (Lipinski definition) is 6. The number of hydrogen-bond donors (Lipinski definition) is 6. The number of amides is 3. The maximum atomic E-state index is 13.1. The van der Waals surface area contributed by atoms with Gasteiger partial charge in [0.05, 0.1) is 24.6 Å². The number of carboxylic acids is 1. The van der Waals surface area contributed by atoms with Crippen LogP contribution in [0.15, 0.2) is 30.3 Å². The zero-order valence-electron chi connectivity index (χ0n) is 24.1.